The van der Waals surface area contributed by atoms with Crippen molar-refractivity contribution < 1.29 is 0 Å². The first-order chi connectivity index (χ1) is 8.70. The van der Waals surface area contributed by atoms with Gasteiger partial charge in [-0.05, 0) is 42.8 Å². The molecule has 2 rings (SSSR count). The van der Waals surface area contributed by atoms with E-state index in [2.05, 4.69) is 26.3 Å². The first-order valence-electron chi connectivity index (χ1n) is 5.57. The van der Waals surface area contributed by atoms with E-state index in [0.29, 0.717) is 5.84 Å². The highest BCUT2D eigenvalue weighted by Gasteiger charge is 2.06. The maximum atomic E-state index is 5.57. The monoisotopic (exact) mass is 303 g/mol. The number of amidine groups is 1. The van der Waals surface area contributed by atoms with Crippen molar-refractivity contribution in [2.75, 3.05) is 0 Å². The molecule has 0 fully saturated rings. The van der Waals surface area contributed by atoms with Crippen LogP contribution in [0, 0.1) is 6.92 Å². The number of para-hydroxylation sites is 1. The first-order valence-corrected chi connectivity index (χ1v) is 6.37. The maximum Gasteiger partial charge on any atom is 0.148 e. The van der Waals surface area contributed by atoms with Crippen LogP contribution in [0.25, 0.3) is 0 Å². The summed E-state index contributed by atoms with van der Waals surface area (Å²) >= 11 is 3.44. The first kappa shape index (κ1) is 12.8. The Balaban J connectivity index is 2.42. The maximum absolute atomic E-state index is 5.57. The van der Waals surface area contributed by atoms with Gasteiger partial charge in [0.15, 0.2) is 0 Å². The third kappa shape index (κ3) is 2.97. The molecule has 0 heterocycles. The van der Waals surface area contributed by atoms with E-state index >= 15 is 0 Å². The van der Waals surface area contributed by atoms with E-state index in [-0.39, 0.29) is 0 Å². The van der Waals surface area contributed by atoms with Crippen LogP contribution in [0.4, 0.5) is 5.69 Å². The third-order valence-electron chi connectivity index (χ3n) is 2.58. The topological polar surface area (TPSA) is 50.4 Å². The van der Waals surface area contributed by atoms with E-state index in [1.807, 2.05) is 55.5 Å². The van der Waals surface area contributed by atoms with Gasteiger partial charge in [-0.25, -0.2) is 10.8 Å². The number of aliphatic imine (C=N–C) groups is 1. The van der Waals surface area contributed by atoms with E-state index in [1.54, 1.807) is 0 Å². The molecule has 0 radical (unpaired) electrons. The minimum Gasteiger partial charge on any atom is -0.308 e. The number of nitrogens with one attached hydrogen (secondary N) is 1. The van der Waals surface area contributed by atoms with Gasteiger partial charge in [0.05, 0.1) is 5.69 Å². The lowest BCUT2D eigenvalue weighted by molar-refractivity contribution is 1.02. The molecule has 0 atom stereocenters. The Hall–Kier alpha value is -1.65. The Bertz CT molecular complexity index is 565. The molecule has 2 aromatic carbocycles. The van der Waals surface area contributed by atoms with Crippen LogP contribution in [0.5, 0.6) is 0 Å². The highest BCUT2D eigenvalue weighted by Crippen LogP contribution is 2.18. The molecule has 0 aliphatic rings. The number of benzene rings is 2. The summed E-state index contributed by atoms with van der Waals surface area (Å²) in [5, 5.41) is 0. The van der Waals surface area contributed by atoms with E-state index in [4.69, 9.17) is 5.84 Å². The van der Waals surface area contributed by atoms with Crippen molar-refractivity contribution in [3.8, 4) is 0 Å². The van der Waals surface area contributed by atoms with Gasteiger partial charge in [0, 0.05) is 10.0 Å². The van der Waals surface area contributed by atoms with Gasteiger partial charge in [0.2, 0.25) is 0 Å². The number of nitrogens with two attached hydrogens (primary N) is 1. The highest BCUT2D eigenvalue weighted by molar-refractivity contribution is 9.10. The van der Waals surface area contributed by atoms with Gasteiger partial charge >= 0.3 is 0 Å². The fourth-order valence-electron chi connectivity index (χ4n) is 1.69. The number of hydrazine groups is 1. The largest absolute Gasteiger partial charge is 0.308 e. The second-order valence-corrected chi connectivity index (χ2v) is 4.82. The number of hydrogen-bond acceptors (Lipinski definition) is 2. The molecular formula is C14H14BrN3. The van der Waals surface area contributed by atoms with Gasteiger partial charge < -0.3 is 5.43 Å². The normalized spacial score (nSPS) is 11.4. The molecule has 3 N–H and O–H groups in total. The summed E-state index contributed by atoms with van der Waals surface area (Å²) in [5.41, 5.74) is 5.63. The van der Waals surface area contributed by atoms with Crippen molar-refractivity contribution in [3.63, 3.8) is 0 Å². The predicted molar refractivity (Wildman–Crippen MR) is 78.8 cm³/mol. The standard InChI is InChI=1S/C14H14BrN3/c1-10-9-11(15)7-8-13(10)14(18-16)17-12-5-3-2-4-6-12/h2-9H,16H2,1H3,(H,17,18). The molecule has 0 bridgehead atoms. The lowest BCUT2D eigenvalue weighted by Crippen LogP contribution is -2.31. The SMILES string of the molecule is Cc1cc(Br)ccc1C(=Nc1ccccc1)NN. The van der Waals surface area contributed by atoms with Gasteiger partial charge in [-0.15, -0.1) is 0 Å². The second-order valence-electron chi connectivity index (χ2n) is 3.90. The molecule has 0 spiro atoms. The summed E-state index contributed by atoms with van der Waals surface area (Å²) in [5.74, 6) is 6.23. The summed E-state index contributed by atoms with van der Waals surface area (Å²) < 4.78 is 1.04. The van der Waals surface area contributed by atoms with Crippen molar-refractivity contribution in [3.05, 3.63) is 64.1 Å². The molecule has 3 nitrogen and oxygen atoms in total. The summed E-state index contributed by atoms with van der Waals surface area (Å²) in [6.45, 7) is 2.03. The summed E-state index contributed by atoms with van der Waals surface area (Å²) in [6.07, 6.45) is 0. The average Bonchev–Trinajstić information content (AvgIpc) is 2.38. The molecular weight excluding hydrogens is 290 g/mol. The molecule has 0 saturated carbocycles. The quantitative estimate of drug-likeness (QED) is 0.387. The summed E-state index contributed by atoms with van der Waals surface area (Å²) in [6, 6.07) is 15.7. The molecule has 0 aliphatic heterocycles. The van der Waals surface area contributed by atoms with Crippen molar-refractivity contribution in [2.45, 2.75) is 6.92 Å². The zero-order valence-corrected chi connectivity index (χ0v) is 11.6. The molecule has 0 saturated heterocycles. The van der Waals surface area contributed by atoms with Gasteiger partial charge in [0.25, 0.3) is 0 Å². The van der Waals surface area contributed by atoms with Crippen LogP contribution in [0.15, 0.2) is 58.0 Å². The molecule has 18 heavy (non-hydrogen) atoms. The third-order valence-corrected chi connectivity index (χ3v) is 3.07. The van der Waals surface area contributed by atoms with E-state index in [0.717, 1.165) is 21.3 Å². The van der Waals surface area contributed by atoms with Crippen molar-refractivity contribution in [1.82, 2.24) is 5.43 Å². The Labute approximate surface area is 115 Å². The van der Waals surface area contributed by atoms with Crippen LogP contribution in [-0.4, -0.2) is 5.84 Å². The second kappa shape index (κ2) is 5.80. The van der Waals surface area contributed by atoms with Crippen molar-refractivity contribution in [1.29, 1.82) is 0 Å². The minimum absolute atomic E-state index is 0.659. The fourth-order valence-corrected chi connectivity index (χ4v) is 2.17. The zero-order chi connectivity index (χ0) is 13.0. The molecule has 0 aliphatic carbocycles. The number of nitrogens with zero attached hydrogens (tertiary/aromatic N) is 1. The molecule has 4 heteroatoms. The minimum atomic E-state index is 0.659. The highest BCUT2D eigenvalue weighted by atomic mass is 79.9. The van der Waals surface area contributed by atoms with Gasteiger partial charge in [0.1, 0.15) is 5.84 Å². The lowest BCUT2D eigenvalue weighted by atomic mass is 10.1. The van der Waals surface area contributed by atoms with Crippen LogP contribution in [-0.2, 0) is 0 Å². The lowest BCUT2D eigenvalue weighted by Gasteiger charge is -2.09. The van der Waals surface area contributed by atoms with Crippen LogP contribution < -0.4 is 11.3 Å². The Morgan fingerprint density at radius 1 is 1.17 bits per heavy atom. The average molecular weight is 304 g/mol. The van der Waals surface area contributed by atoms with Gasteiger partial charge in [-0.3, -0.25) is 0 Å². The van der Waals surface area contributed by atoms with Crippen LogP contribution in [0.3, 0.4) is 0 Å². The zero-order valence-electron chi connectivity index (χ0n) is 10.0. The Morgan fingerprint density at radius 2 is 1.89 bits per heavy atom. The summed E-state index contributed by atoms with van der Waals surface area (Å²) in [4.78, 5) is 4.50. The number of aryl methyl sites for hydroxylation is 1. The van der Waals surface area contributed by atoms with Gasteiger partial charge in [-0.1, -0.05) is 34.1 Å². The number of rotatable bonds is 2. The molecule has 0 aromatic heterocycles. The van der Waals surface area contributed by atoms with E-state index in [1.165, 1.54) is 0 Å². The molecule has 0 unspecified atom stereocenters. The van der Waals surface area contributed by atoms with E-state index < -0.39 is 0 Å². The number of halogens is 1. The molecule has 2 aromatic rings. The van der Waals surface area contributed by atoms with Crippen molar-refractivity contribution in [2.24, 2.45) is 10.8 Å². The Kier molecular flexibility index (Phi) is 4.12. The van der Waals surface area contributed by atoms with Crippen LogP contribution >= 0.6 is 15.9 Å². The smallest absolute Gasteiger partial charge is 0.148 e. The summed E-state index contributed by atoms with van der Waals surface area (Å²) in [7, 11) is 0. The number of hydrogen-bond donors (Lipinski definition) is 2. The van der Waals surface area contributed by atoms with E-state index in [9.17, 15) is 0 Å². The fraction of sp³-hybridized carbons (Fsp3) is 0.0714. The van der Waals surface area contributed by atoms with Crippen LogP contribution in [0.2, 0.25) is 0 Å². The molecule has 92 valence electrons. The predicted octanol–water partition coefficient (Wildman–Crippen LogP) is 3.30. The van der Waals surface area contributed by atoms with Gasteiger partial charge in [-0.2, -0.15) is 0 Å². The Morgan fingerprint density at radius 3 is 2.50 bits per heavy atom. The van der Waals surface area contributed by atoms with Crippen LogP contribution in [0.1, 0.15) is 11.1 Å². The molecule has 0 amide bonds. The van der Waals surface area contributed by atoms with Crippen molar-refractivity contribution >= 4 is 27.5 Å².